The molecule has 0 saturated carbocycles. The molecule has 1 N–H and O–H groups in total. The number of carbonyl (C=O) groups is 1. The van der Waals surface area contributed by atoms with E-state index in [4.69, 9.17) is 4.74 Å². The molecule has 0 bridgehead atoms. The van der Waals surface area contributed by atoms with Crippen LogP contribution in [0.3, 0.4) is 0 Å². The third kappa shape index (κ3) is 4.79. The molecule has 0 saturated heterocycles. The highest BCUT2D eigenvalue weighted by Gasteiger charge is 2.20. The van der Waals surface area contributed by atoms with Gasteiger partial charge < -0.3 is 10.1 Å². The van der Waals surface area contributed by atoms with Gasteiger partial charge in [0.15, 0.2) is 11.6 Å². The van der Waals surface area contributed by atoms with Crippen molar-refractivity contribution in [2.45, 2.75) is 19.9 Å². The second kappa shape index (κ2) is 9.29. The second-order valence-corrected chi connectivity index (χ2v) is 5.85. The van der Waals surface area contributed by atoms with Gasteiger partial charge in [0.1, 0.15) is 5.75 Å². The number of likely N-dealkylation sites (N-methyl/N-ethyl adjacent to an activating group) is 1. The quantitative estimate of drug-likeness (QED) is 0.777. The lowest BCUT2D eigenvalue weighted by atomic mass is 10.0. The van der Waals surface area contributed by atoms with E-state index in [1.165, 1.54) is 6.07 Å². The van der Waals surface area contributed by atoms with Crippen molar-refractivity contribution in [1.82, 2.24) is 10.2 Å². The van der Waals surface area contributed by atoms with Gasteiger partial charge in [-0.2, -0.15) is 0 Å². The fourth-order valence-corrected chi connectivity index (χ4v) is 2.90. The number of hydrogen-bond donors (Lipinski definition) is 1. The molecule has 4 nitrogen and oxygen atoms in total. The van der Waals surface area contributed by atoms with Crippen LogP contribution in [0.25, 0.3) is 0 Å². The van der Waals surface area contributed by atoms with Crippen LogP contribution in [0.2, 0.25) is 0 Å². The highest BCUT2D eigenvalue weighted by Crippen LogP contribution is 2.24. The zero-order valence-corrected chi connectivity index (χ0v) is 15.3. The van der Waals surface area contributed by atoms with Gasteiger partial charge in [-0.3, -0.25) is 9.69 Å². The van der Waals surface area contributed by atoms with E-state index >= 15 is 0 Å². The second-order valence-electron chi connectivity index (χ2n) is 5.85. The number of nitrogens with zero attached hydrogens (tertiary/aromatic N) is 1. The normalized spacial score (nSPS) is 12.1. The monoisotopic (exact) mass is 362 g/mol. The molecule has 2 aromatic carbocycles. The van der Waals surface area contributed by atoms with E-state index in [0.717, 1.165) is 36.5 Å². The Balaban J connectivity index is 2.18. The molecular formula is C20H24F2N2O2. The first-order valence-electron chi connectivity index (χ1n) is 8.61. The Hall–Kier alpha value is -2.47. The lowest BCUT2D eigenvalue weighted by Gasteiger charge is -2.30. The molecule has 2 aromatic rings. The summed E-state index contributed by atoms with van der Waals surface area (Å²) < 4.78 is 31.7. The third-order valence-corrected chi connectivity index (χ3v) is 4.37. The molecule has 1 unspecified atom stereocenters. The van der Waals surface area contributed by atoms with Crippen LogP contribution < -0.4 is 10.1 Å². The first-order chi connectivity index (χ1) is 12.5. The van der Waals surface area contributed by atoms with Gasteiger partial charge in [0.2, 0.25) is 0 Å². The molecule has 0 heterocycles. The van der Waals surface area contributed by atoms with Gasteiger partial charge in [0.05, 0.1) is 13.2 Å². The van der Waals surface area contributed by atoms with Crippen molar-refractivity contribution >= 4 is 5.91 Å². The minimum atomic E-state index is -1.04. The summed E-state index contributed by atoms with van der Waals surface area (Å²) in [6, 6.07) is 10.8. The van der Waals surface area contributed by atoms with Crippen LogP contribution >= 0.6 is 0 Å². The minimum absolute atomic E-state index is 0.0608. The average Bonchev–Trinajstić information content (AvgIpc) is 2.67. The zero-order valence-electron chi connectivity index (χ0n) is 15.3. The number of methoxy groups -OCH3 is 1. The highest BCUT2D eigenvalue weighted by atomic mass is 19.2. The summed E-state index contributed by atoms with van der Waals surface area (Å²) in [7, 11) is 1.61. The first kappa shape index (κ1) is 19.8. The molecule has 0 spiro atoms. The van der Waals surface area contributed by atoms with E-state index in [0.29, 0.717) is 6.54 Å². The Kier molecular flexibility index (Phi) is 7.09. The molecular weight excluding hydrogens is 338 g/mol. The Bertz CT molecular complexity index is 748. The number of ether oxygens (including phenoxy) is 1. The highest BCUT2D eigenvalue weighted by molar-refractivity contribution is 5.94. The van der Waals surface area contributed by atoms with Crippen LogP contribution in [0.1, 0.15) is 35.8 Å². The number of benzene rings is 2. The van der Waals surface area contributed by atoms with Crippen LogP contribution in [-0.2, 0) is 0 Å². The van der Waals surface area contributed by atoms with Crippen molar-refractivity contribution in [2.75, 3.05) is 26.7 Å². The Morgan fingerprint density at radius 1 is 1.12 bits per heavy atom. The summed E-state index contributed by atoms with van der Waals surface area (Å²) in [5, 5.41) is 2.82. The van der Waals surface area contributed by atoms with Gasteiger partial charge in [0.25, 0.3) is 5.91 Å². The molecule has 0 radical (unpaired) electrons. The van der Waals surface area contributed by atoms with Gasteiger partial charge in [-0.25, -0.2) is 8.78 Å². The van der Waals surface area contributed by atoms with Crippen molar-refractivity contribution in [3.63, 3.8) is 0 Å². The molecule has 6 heteroatoms. The first-order valence-corrected chi connectivity index (χ1v) is 8.61. The summed E-state index contributed by atoms with van der Waals surface area (Å²) in [6.07, 6.45) is 0. The largest absolute Gasteiger partial charge is 0.497 e. The maximum atomic E-state index is 13.3. The maximum Gasteiger partial charge on any atom is 0.251 e. The van der Waals surface area contributed by atoms with E-state index in [2.05, 4.69) is 10.2 Å². The van der Waals surface area contributed by atoms with Crippen molar-refractivity contribution in [1.29, 1.82) is 0 Å². The number of carbonyl (C=O) groups excluding carboxylic acids is 1. The molecule has 26 heavy (non-hydrogen) atoms. The Morgan fingerprint density at radius 3 is 2.46 bits per heavy atom. The van der Waals surface area contributed by atoms with Gasteiger partial charge in [-0.1, -0.05) is 26.0 Å². The summed E-state index contributed by atoms with van der Waals surface area (Å²) in [6.45, 7) is 6.05. The molecule has 1 atom stereocenters. The summed E-state index contributed by atoms with van der Waals surface area (Å²) in [5.41, 5.74) is 1.10. The lowest BCUT2D eigenvalue weighted by molar-refractivity contribution is 0.0934. The topological polar surface area (TPSA) is 41.6 Å². The third-order valence-electron chi connectivity index (χ3n) is 4.37. The minimum Gasteiger partial charge on any atom is -0.497 e. The van der Waals surface area contributed by atoms with Gasteiger partial charge >= 0.3 is 0 Å². The Morgan fingerprint density at radius 2 is 1.85 bits per heavy atom. The summed E-state index contributed by atoms with van der Waals surface area (Å²) >= 11 is 0. The molecule has 0 aliphatic heterocycles. The van der Waals surface area contributed by atoms with Gasteiger partial charge in [-0.05, 0) is 49.0 Å². The van der Waals surface area contributed by atoms with Crippen LogP contribution in [0, 0.1) is 11.6 Å². The molecule has 0 fully saturated rings. The molecule has 2 rings (SSSR count). The van der Waals surface area contributed by atoms with E-state index in [-0.39, 0.29) is 11.6 Å². The summed E-state index contributed by atoms with van der Waals surface area (Å²) in [4.78, 5) is 14.5. The number of halogens is 2. The van der Waals surface area contributed by atoms with E-state index < -0.39 is 17.5 Å². The van der Waals surface area contributed by atoms with Crippen molar-refractivity contribution in [3.05, 3.63) is 65.2 Å². The standard InChI is InChI=1S/C20H24F2N2O2/c1-4-24(5-2)19(14-7-6-8-16(11-14)26-3)13-23-20(25)15-9-10-17(21)18(22)12-15/h6-12,19H,4-5,13H2,1-3H3,(H,23,25). The molecule has 1 amide bonds. The molecule has 0 aliphatic rings. The summed E-state index contributed by atoms with van der Waals surface area (Å²) in [5.74, 6) is -1.71. The average molecular weight is 362 g/mol. The van der Waals surface area contributed by atoms with Crippen molar-refractivity contribution in [3.8, 4) is 5.75 Å². The van der Waals surface area contributed by atoms with Crippen LogP contribution in [0.15, 0.2) is 42.5 Å². The predicted octanol–water partition coefficient (Wildman–Crippen LogP) is 3.79. The SMILES string of the molecule is CCN(CC)C(CNC(=O)c1ccc(F)c(F)c1)c1cccc(OC)c1. The van der Waals surface area contributed by atoms with Crippen molar-refractivity contribution in [2.24, 2.45) is 0 Å². The fourth-order valence-electron chi connectivity index (χ4n) is 2.90. The molecule has 140 valence electrons. The van der Waals surface area contributed by atoms with E-state index in [1.807, 2.05) is 38.1 Å². The van der Waals surface area contributed by atoms with Crippen molar-refractivity contribution < 1.29 is 18.3 Å². The van der Waals surface area contributed by atoms with E-state index in [1.54, 1.807) is 7.11 Å². The van der Waals surface area contributed by atoms with E-state index in [9.17, 15) is 13.6 Å². The number of hydrogen-bond acceptors (Lipinski definition) is 3. The lowest BCUT2D eigenvalue weighted by Crippen LogP contribution is -2.38. The van der Waals surface area contributed by atoms with Crippen LogP contribution in [0.5, 0.6) is 5.75 Å². The number of amides is 1. The predicted molar refractivity (Wildman–Crippen MR) is 97.3 cm³/mol. The van der Waals surface area contributed by atoms with Gasteiger partial charge in [-0.15, -0.1) is 0 Å². The molecule has 0 aliphatic carbocycles. The number of rotatable bonds is 8. The van der Waals surface area contributed by atoms with Gasteiger partial charge in [0, 0.05) is 12.1 Å². The molecule has 0 aromatic heterocycles. The maximum absolute atomic E-state index is 13.3. The smallest absolute Gasteiger partial charge is 0.251 e. The fraction of sp³-hybridized carbons (Fsp3) is 0.350. The number of nitrogens with one attached hydrogen (secondary N) is 1. The van der Waals surface area contributed by atoms with Crippen LogP contribution in [-0.4, -0.2) is 37.6 Å². The zero-order chi connectivity index (χ0) is 19.1. The Labute approximate surface area is 152 Å². The van der Waals surface area contributed by atoms with Crippen LogP contribution in [0.4, 0.5) is 8.78 Å².